The lowest BCUT2D eigenvalue weighted by molar-refractivity contribution is -0.384. The molecule has 2 N–H and O–H groups in total. The fourth-order valence-electron chi connectivity index (χ4n) is 1.79. The number of nitro groups is 1. The van der Waals surface area contributed by atoms with Crippen molar-refractivity contribution in [1.29, 1.82) is 0 Å². The zero-order valence-electron chi connectivity index (χ0n) is 10.5. The van der Waals surface area contributed by atoms with Gasteiger partial charge in [0.15, 0.2) is 0 Å². The summed E-state index contributed by atoms with van der Waals surface area (Å²) in [6.07, 6.45) is 3.59. The van der Waals surface area contributed by atoms with E-state index in [-0.39, 0.29) is 11.7 Å². The maximum atomic E-state index is 10.9. The summed E-state index contributed by atoms with van der Waals surface area (Å²) >= 11 is 0. The molecule has 1 aliphatic rings. The molecule has 1 aromatic heterocycles. The molecular formula is C11H17N5O2. The van der Waals surface area contributed by atoms with Crippen molar-refractivity contribution in [2.75, 3.05) is 17.2 Å². The molecule has 1 heterocycles. The van der Waals surface area contributed by atoms with E-state index in [0.29, 0.717) is 24.2 Å². The van der Waals surface area contributed by atoms with Crippen molar-refractivity contribution in [1.82, 2.24) is 9.97 Å². The Morgan fingerprint density at radius 1 is 1.61 bits per heavy atom. The van der Waals surface area contributed by atoms with Gasteiger partial charge in [-0.2, -0.15) is 4.98 Å². The Hall–Kier alpha value is -1.92. The van der Waals surface area contributed by atoms with E-state index in [2.05, 4.69) is 20.6 Å². The number of rotatable bonds is 6. The molecule has 0 aliphatic heterocycles. The van der Waals surface area contributed by atoms with Crippen LogP contribution in [0.3, 0.4) is 0 Å². The van der Waals surface area contributed by atoms with Crippen molar-refractivity contribution in [3.8, 4) is 0 Å². The third kappa shape index (κ3) is 2.85. The monoisotopic (exact) mass is 251 g/mol. The zero-order valence-corrected chi connectivity index (χ0v) is 10.5. The lowest BCUT2D eigenvalue weighted by atomic mass is 10.2. The summed E-state index contributed by atoms with van der Waals surface area (Å²) in [6, 6.07) is 0.202. The molecule has 7 heteroatoms. The molecule has 1 fully saturated rings. The molecule has 2 rings (SSSR count). The van der Waals surface area contributed by atoms with Gasteiger partial charge >= 0.3 is 5.69 Å². The number of nitrogens with one attached hydrogen (secondary N) is 2. The molecule has 0 saturated heterocycles. The number of hydrogen-bond acceptors (Lipinski definition) is 6. The molecule has 98 valence electrons. The summed E-state index contributed by atoms with van der Waals surface area (Å²) in [5, 5.41) is 17.0. The molecule has 0 spiro atoms. The average Bonchev–Trinajstić information content (AvgIpc) is 3.13. The van der Waals surface area contributed by atoms with Gasteiger partial charge in [-0.05, 0) is 32.6 Å². The molecule has 1 atom stereocenters. The highest BCUT2D eigenvalue weighted by Gasteiger charge is 2.30. The van der Waals surface area contributed by atoms with E-state index in [0.717, 1.165) is 0 Å². The van der Waals surface area contributed by atoms with E-state index >= 15 is 0 Å². The number of anilines is 2. The highest BCUT2D eigenvalue weighted by molar-refractivity contribution is 5.57. The minimum absolute atomic E-state index is 0.0795. The first-order chi connectivity index (χ1) is 8.61. The Morgan fingerprint density at radius 3 is 2.89 bits per heavy atom. The third-order valence-corrected chi connectivity index (χ3v) is 2.99. The van der Waals surface area contributed by atoms with Crippen LogP contribution in [-0.2, 0) is 0 Å². The van der Waals surface area contributed by atoms with Crippen molar-refractivity contribution >= 4 is 17.5 Å². The van der Waals surface area contributed by atoms with Crippen LogP contribution >= 0.6 is 0 Å². The summed E-state index contributed by atoms with van der Waals surface area (Å²) in [7, 11) is 0. The summed E-state index contributed by atoms with van der Waals surface area (Å²) < 4.78 is 0. The molecule has 18 heavy (non-hydrogen) atoms. The van der Waals surface area contributed by atoms with E-state index in [1.54, 1.807) is 0 Å². The van der Waals surface area contributed by atoms with E-state index in [9.17, 15) is 10.1 Å². The zero-order chi connectivity index (χ0) is 13.1. The first-order valence-electron chi connectivity index (χ1n) is 6.13. The Bertz CT molecular complexity index is 447. The normalized spacial score (nSPS) is 16.1. The van der Waals surface area contributed by atoms with Crippen molar-refractivity contribution < 1.29 is 4.92 Å². The van der Waals surface area contributed by atoms with E-state index in [1.165, 1.54) is 19.0 Å². The lowest BCUT2D eigenvalue weighted by Crippen LogP contribution is -2.19. The Labute approximate surface area is 105 Å². The first kappa shape index (κ1) is 12.5. The van der Waals surface area contributed by atoms with Gasteiger partial charge in [-0.3, -0.25) is 10.1 Å². The van der Waals surface area contributed by atoms with Gasteiger partial charge in [0.2, 0.25) is 11.8 Å². The van der Waals surface area contributed by atoms with Crippen molar-refractivity contribution in [2.45, 2.75) is 32.7 Å². The Kier molecular flexibility index (Phi) is 3.59. The number of aromatic nitrogens is 2. The second-order valence-corrected chi connectivity index (χ2v) is 4.49. The van der Waals surface area contributed by atoms with E-state index < -0.39 is 4.92 Å². The van der Waals surface area contributed by atoms with Gasteiger partial charge in [0.1, 0.15) is 6.20 Å². The van der Waals surface area contributed by atoms with Crippen LogP contribution in [0.25, 0.3) is 0 Å². The summed E-state index contributed by atoms with van der Waals surface area (Å²) in [5.41, 5.74) is -0.0795. The fourth-order valence-corrected chi connectivity index (χ4v) is 1.79. The molecule has 0 bridgehead atoms. The van der Waals surface area contributed by atoms with Crippen LogP contribution in [-0.4, -0.2) is 27.5 Å². The second-order valence-electron chi connectivity index (χ2n) is 4.49. The van der Waals surface area contributed by atoms with Crippen molar-refractivity contribution in [2.24, 2.45) is 5.92 Å². The molecule has 7 nitrogen and oxygen atoms in total. The van der Waals surface area contributed by atoms with Crippen LogP contribution in [0.4, 0.5) is 17.5 Å². The van der Waals surface area contributed by atoms with Crippen LogP contribution in [0, 0.1) is 16.0 Å². The number of hydrogen-bond donors (Lipinski definition) is 2. The molecule has 0 aromatic carbocycles. The maximum absolute atomic E-state index is 10.9. The predicted molar refractivity (Wildman–Crippen MR) is 68.7 cm³/mol. The lowest BCUT2D eigenvalue weighted by Gasteiger charge is -2.13. The quantitative estimate of drug-likeness (QED) is 0.593. The average molecular weight is 251 g/mol. The Morgan fingerprint density at radius 2 is 2.33 bits per heavy atom. The summed E-state index contributed by atoms with van der Waals surface area (Å²) in [4.78, 5) is 18.5. The van der Waals surface area contributed by atoms with Gasteiger partial charge < -0.3 is 10.6 Å². The van der Waals surface area contributed by atoms with Crippen LogP contribution in [0.2, 0.25) is 0 Å². The molecule has 1 aromatic rings. The van der Waals surface area contributed by atoms with Gasteiger partial charge in [-0.15, -0.1) is 0 Å². The molecule has 1 unspecified atom stereocenters. The topological polar surface area (TPSA) is 93.0 Å². The molecular weight excluding hydrogens is 234 g/mol. The largest absolute Gasteiger partial charge is 0.361 e. The van der Waals surface area contributed by atoms with Gasteiger partial charge in [0.05, 0.1) is 4.92 Å². The summed E-state index contributed by atoms with van der Waals surface area (Å²) in [5.74, 6) is 1.31. The van der Waals surface area contributed by atoms with Gasteiger partial charge in [-0.25, -0.2) is 4.98 Å². The van der Waals surface area contributed by atoms with Crippen LogP contribution in [0.5, 0.6) is 0 Å². The third-order valence-electron chi connectivity index (χ3n) is 2.99. The smallest absolute Gasteiger partial charge is 0.329 e. The van der Waals surface area contributed by atoms with Crippen LogP contribution in [0.15, 0.2) is 6.20 Å². The molecule has 1 saturated carbocycles. The standard InChI is InChI=1S/C11H17N5O2/c1-3-12-11-13-6-9(16(17)18)10(15-11)14-7(2)8-4-5-8/h6-8H,3-5H2,1-2H3,(H2,12,13,14,15). The predicted octanol–water partition coefficient (Wildman–Crippen LogP) is 2.03. The molecule has 0 amide bonds. The summed E-state index contributed by atoms with van der Waals surface area (Å²) in [6.45, 7) is 4.62. The van der Waals surface area contributed by atoms with Gasteiger partial charge in [0.25, 0.3) is 0 Å². The Balaban J connectivity index is 2.21. The van der Waals surface area contributed by atoms with Gasteiger partial charge in [0, 0.05) is 12.6 Å². The van der Waals surface area contributed by atoms with Gasteiger partial charge in [-0.1, -0.05) is 0 Å². The molecule has 0 radical (unpaired) electrons. The van der Waals surface area contributed by atoms with Crippen LogP contribution in [0.1, 0.15) is 26.7 Å². The fraction of sp³-hybridized carbons (Fsp3) is 0.636. The number of nitrogens with zero attached hydrogens (tertiary/aromatic N) is 3. The van der Waals surface area contributed by atoms with E-state index in [1.807, 2.05) is 13.8 Å². The first-order valence-corrected chi connectivity index (χ1v) is 6.13. The highest BCUT2D eigenvalue weighted by Crippen LogP contribution is 2.35. The van der Waals surface area contributed by atoms with Crippen molar-refractivity contribution in [3.05, 3.63) is 16.3 Å². The van der Waals surface area contributed by atoms with Crippen LogP contribution < -0.4 is 10.6 Å². The molecule has 1 aliphatic carbocycles. The minimum atomic E-state index is -0.461. The SMILES string of the molecule is CCNc1ncc([N+](=O)[O-])c(NC(C)C2CC2)n1. The second kappa shape index (κ2) is 5.16. The maximum Gasteiger partial charge on any atom is 0.329 e. The highest BCUT2D eigenvalue weighted by atomic mass is 16.6. The van der Waals surface area contributed by atoms with Crippen molar-refractivity contribution in [3.63, 3.8) is 0 Å². The van der Waals surface area contributed by atoms with E-state index in [4.69, 9.17) is 0 Å². The minimum Gasteiger partial charge on any atom is -0.361 e.